The first-order valence-electron chi connectivity index (χ1n) is 8.70. The van der Waals surface area contributed by atoms with Gasteiger partial charge in [0.1, 0.15) is 5.82 Å². The van der Waals surface area contributed by atoms with Gasteiger partial charge in [0.25, 0.3) is 10.0 Å². The molecule has 1 unspecified atom stereocenters. The van der Waals surface area contributed by atoms with Crippen molar-refractivity contribution in [2.24, 2.45) is 0 Å². The molecule has 8 heteroatoms. The third-order valence-electron chi connectivity index (χ3n) is 4.67. The molecule has 150 valence electrons. The Morgan fingerprint density at radius 2 is 1.75 bits per heavy atom. The monoisotopic (exact) mass is 438 g/mol. The summed E-state index contributed by atoms with van der Waals surface area (Å²) in [6.07, 6.45) is 2.00. The second-order valence-corrected chi connectivity index (χ2v) is 10.7. The van der Waals surface area contributed by atoms with Gasteiger partial charge in [0.05, 0.1) is 15.8 Å². The van der Waals surface area contributed by atoms with Gasteiger partial charge in [-0.25, -0.2) is 16.8 Å². The van der Waals surface area contributed by atoms with E-state index in [4.69, 9.17) is 0 Å². The molecule has 0 fully saturated rings. The van der Waals surface area contributed by atoms with Crippen molar-refractivity contribution < 1.29 is 12.8 Å². The number of aromatic nitrogens is 1. The Kier molecular flexibility index (Phi) is 6.14. The van der Waals surface area contributed by atoms with Crippen molar-refractivity contribution in [3.05, 3.63) is 54.0 Å². The van der Waals surface area contributed by atoms with Crippen molar-refractivity contribution in [1.29, 1.82) is 0 Å². The molecule has 0 saturated carbocycles. The molecule has 0 amide bonds. The quantitative estimate of drug-likeness (QED) is 0.398. The smallest absolute Gasteiger partial charge is 0.268 e. The maximum Gasteiger partial charge on any atom is 0.268 e. The Balaban J connectivity index is 2.28. The Morgan fingerprint density at radius 1 is 1.11 bits per heavy atom. The van der Waals surface area contributed by atoms with E-state index in [0.717, 1.165) is 15.2 Å². The van der Waals surface area contributed by atoms with Crippen LogP contribution < -0.4 is 0 Å². The van der Waals surface area contributed by atoms with E-state index in [1.54, 1.807) is 23.5 Å². The summed E-state index contributed by atoms with van der Waals surface area (Å²) in [4.78, 5) is 4.17. The molecule has 3 aromatic rings. The lowest BCUT2D eigenvalue weighted by Crippen LogP contribution is -2.21. The van der Waals surface area contributed by atoms with Gasteiger partial charge in [-0.2, -0.15) is 0 Å². The number of hydrogen-bond donors (Lipinski definition) is 0. The van der Waals surface area contributed by atoms with Gasteiger partial charge in [-0.3, -0.25) is 4.90 Å². The standard InChI is InChI=1S/C20H23FN2O2S3/c1-13-20(27-14(2)22(3)4)18-12-16(26-5)8-11-19(18)23(13)28(24,25)17-9-6-15(21)7-10-17/h6-12,14H,1-5H3. The zero-order chi connectivity index (χ0) is 20.6. The topological polar surface area (TPSA) is 42.3 Å². The predicted octanol–water partition coefficient (Wildman–Crippen LogP) is 5.05. The molecule has 2 aromatic carbocycles. The van der Waals surface area contributed by atoms with Crippen LogP contribution in [-0.4, -0.2) is 43.0 Å². The average Bonchev–Trinajstić information content (AvgIpc) is 2.93. The first-order chi connectivity index (χ1) is 13.2. The van der Waals surface area contributed by atoms with Gasteiger partial charge in [-0.05, 0) is 76.7 Å². The van der Waals surface area contributed by atoms with Crippen LogP contribution in [0.2, 0.25) is 0 Å². The number of thioether (sulfide) groups is 2. The zero-order valence-corrected chi connectivity index (χ0v) is 18.9. The van der Waals surface area contributed by atoms with E-state index in [1.165, 1.54) is 28.2 Å². The van der Waals surface area contributed by atoms with Gasteiger partial charge in [-0.1, -0.05) is 0 Å². The van der Waals surface area contributed by atoms with Crippen LogP contribution in [0.25, 0.3) is 10.9 Å². The third-order valence-corrected chi connectivity index (χ3v) is 8.73. The molecule has 0 spiro atoms. The fourth-order valence-corrected chi connectivity index (χ4v) is 6.08. The maximum absolute atomic E-state index is 13.4. The van der Waals surface area contributed by atoms with E-state index in [9.17, 15) is 12.8 Å². The van der Waals surface area contributed by atoms with E-state index in [0.29, 0.717) is 11.2 Å². The normalized spacial score (nSPS) is 13.4. The largest absolute Gasteiger partial charge is 0.298 e. The second kappa shape index (κ2) is 8.10. The van der Waals surface area contributed by atoms with Crippen LogP contribution in [0.15, 0.2) is 57.2 Å². The summed E-state index contributed by atoms with van der Waals surface area (Å²) >= 11 is 3.25. The average molecular weight is 439 g/mol. The van der Waals surface area contributed by atoms with Crippen LogP contribution in [0.4, 0.5) is 4.39 Å². The van der Waals surface area contributed by atoms with Gasteiger partial charge >= 0.3 is 0 Å². The molecular formula is C20H23FN2O2S3. The van der Waals surface area contributed by atoms with Crippen LogP contribution in [0.5, 0.6) is 0 Å². The van der Waals surface area contributed by atoms with Gasteiger partial charge in [0.2, 0.25) is 0 Å². The molecule has 0 aliphatic carbocycles. The highest BCUT2D eigenvalue weighted by Gasteiger charge is 2.26. The van der Waals surface area contributed by atoms with Crippen molar-refractivity contribution in [1.82, 2.24) is 8.87 Å². The number of hydrogen-bond acceptors (Lipinski definition) is 5. The lowest BCUT2D eigenvalue weighted by atomic mass is 10.2. The van der Waals surface area contributed by atoms with Gasteiger partial charge in [-0.15, -0.1) is 23.5 Å². The number of rotatable bonds is 6. The summed E-state index contributed by atoms with van der Waals surface area (Å²) in [6.45, 7) is 3.91. The number of fused-ring (bicyclic) bond motifs is 1. The molecule has 0 aliphatic rings. The molecule has 1 atom stereocenters. The Labute approximate surface area is 174 Å². The van der Waals surface area contributed by atoms with E-state index in [-0.39, 0.29) is 10.3 Å². The van der Waals surface area contributed by atoms with Crippen LogP contribution in [0.1, 0.15) is 12.6 Å². The summed E-state index contributed by atoms with van der Waals surface area (Å²) in [5, 5.41) is 1.08. The fraction of sp³-hybridized carbons (Fsp3) is 0.300. The first-order valence-corrected chi connectivity index (χ1v) is 12.2. The highest BCUT2D eigenvalue weighted by Crippen LogP contribution is 2.40. The summed E-state index contributed by atoms with van der Waals surface area (Å²) in [7, 11) is 0.138. The van der Waals surface area contributed by atoms with Gasteiger partial charge < -0.3 is 0 Å². The molecule has 28 heavy (non-hydrogen) atoms. The highest BCUT2D eigenvalue weighted by atomic mass is 32.2. The summed E-state index contributed by atoms with van der Waals surface area (Å²) in [5.41, 5.74) is 1.30. The SMILES string of the molecule is CSc1ccc2c(c1)c(SC(C)N(C)C)c(C)n2S(=O)(=O)c1ccc(F)cc1. The van der Waals surface area contributed by atoms with Crippen molar-refractivity contribution in [2.45, 2.75) is 33.9 Å². The molecule has 4 nitrogen and oxygen atoms in total. The molecule has 0 radical (unpaired) electrons. The minimum atomic E-state index is -3.85. The Morgan fingerprint density at radius 3 is 2.32 bits per heavy atom. The molecular weight excluding hydrogens is 415 g/mol. The fourth-order valence-electron chi connectivity index (χ4n) is 2.92. The van der Waals surface area contributed by atoms with Crippen LogP contribution in [0, 0.1) is 12.7 Å². The predicted molar refractivity (Wildman–Crippen MR) is 116 cm³/mol. The van der Waals surface area contributed by atoms with Crippen LogP contribution in [0.3, 0.4) is 0 Å². The first kappa shape index (κ1) is 21.2. The molecule has 0 N–H and O–H groups in total. The zero-order valence-electron chi connectivity index (χ0n) is 16.4. The minimum Gasteiger partial charge on any atom is -0.298 e. The van der Waals surface area contributed by atoms with Crippen LogP contribution in [-0.2, 0) is 10.0 Å². The van der Waals surface area contributed by atoms with Crippen LogP contribution >= 0.6 is 23.5 Å². The summed E-state index contributed by atoms with van der Waals surface area (Å²) in [6, 6.07) is 10.8. The molecule has 0 aliphatic heterocycles. The number of halogens is 1. The molecule has 1 aromatic heterocycles. The Bertz CT molecular complexity index is 1110. The molecule has 3 rings (SSSR count). The van der Waals surface area contributed by atoms with Crippen molar-refractivity contribution in [2.75, 3.05) is 20.4 Å². The lowest BCUT2D eigenvalue weighted by molar-refractivity contribution is 0.402. The Hall–Kier alpha value is -1.48. The number of nitrogens with zero attached hydrogens (tertiary/aromatic N) is 2. The van der Waals surface area contributed by atoms with E-state index < -0.39 is 15.8 Å². The maximum atomic E-state index is 13.4. The second-order valence-electron chi connectivity index (χ2n) is 6.70. The van der Waals surface area contributed by atoms with Crippen molar-refractivity contribution in [3.8, 4) is 0 Å². The number of benzene rings is 2. The van der Waals surface area contributed by atoms with Crippen molar-refractivity contribution >= 4 is 44.4 Å². The summed E-state index contributed by atoms with van der Waals surface area (Å²) < 4.78 is 41.4. The highest BCUT2D eigenvalue weighted by molar-refractivity contribution is 8.00. The van der Waals surface area contributed by atoms with Gasteiger partial charge in [0, 0.05) is 20.9 Å². The molecule has 1 heterocycles. The van der Waals surface area contributed by atoms with E-state index >= 15 is 0 Å². The van der Waals surface area contributed by atoms with Gasteiger partial charge in [0.15, 0.2) is 0 Å². The van der Waals surface area contributed by atoms with E-state index in [1.807, 2.05) is 45.5 Å². The third kappa shape index (κ3) is 3.83. The molecule has 0 bridgehead atoms. The lowest BCUT2D eigenvalue weighted by Gasteiger charge is -2.19. The minimum absolute atomic E-state index is 0.0695. The summed E-state index contributed by atoms with van der Waals surface area (Å²) in [5.74, 6) is -0.464. The van der Waals surface area contributed by atoms with Crippen molar-refractivity contribution in [3.63, 3.8) is 0 Å². The van der Waals surface area contributed by atoms with E-state index in [2.05, 4.69) is 11.8 Å². The molecule has 0 saturated heterocycles.